The average molecular weight is 226 g/mol. The first kappa shape index (κ1) is 14.4. The van der Waals surface area contributed by atoms with Crippen LogP contribution in [0.5, 0.6) is 5.75 Å². The van der Waals surface area contributed by atoms with Crippen LogP contribution in [-0.4, -0.2) is 12.9 Å². The number of unbranched alkanes of at least 4 members (excludes halogenated alkanes) is 1. The smallest absolute Gasteiger partial charge is 0.119 e. The first-order valence-corrected chi connectivity index (χ1v) is 6.86. The highest BCUT2D eigenvalue weighted by atomic mass is 32.2. The second kappa shape index (κ2) is 9.91. The molecular weight excluding hydrogens is 204 g/mol. The van der Waals surface area contributed by atoms with Crippen molar-refractivity contribution in [2.75, 3.05) is 12.9 Å². The first-order valence-electron chi connectivity index (χ1n) is 5.63. The molecule has 0 aliphatic carbocycles. The molecule has 0 aliphatic rings. The monoisotopic (exact) mass is 226 g/mol. The molecule has 1 rings (SSSR count). The molecule has 1 aromatic carbocycles. The Bertz CT molecular complexity index is 231. The van der Waals surface area contributed by atoms with Crippen LogP contribution >= 0.6 is 11.8 Å². The molecule has 86 valence electrons. The summed E-state index contributed by atoms with van der Waals surface area (Å²) in [7, 11) is 0. The molecule has 0 saturated carbocycles. The number of benzene rings is 1. The number of hydrogen-bond donors (Lipinski definition) is 0. The van der Waals surface area contributed by atoms with E-state index in [0.29, 0.717) is 0 Å². The van der Waals surface area contributed by atoms with Crippen molar-refractivity contribution in [3.8, 4) is 5.75 Å². The van der Waals surface area contributed by atoms with Crippen LogP contribution in [-0.2, 0) is 0 Å². The van der Waals surface area contributed by atoms with Gasteiger partial charge in [0.25, 0.3) is 0 Å². The highest BCUT2D eigenvalue weighted by Crippen LogP contribution is 2.18. The van der Waals surface area contributed by atoms with Crippen molar-refractivity contribution in [3.63, 3.8) is 0 Å². The first-order chi connectivity index (χ1) is 7.36. The molecule has 0 saturated heterocycles. The summed E-state index contributed by atoms with van der Waals surface area (Å²) in [5.41, 5.74) is 0. The van der Waals surface area contributed by atoms with E-state index in [9.17, 15) is 0 Å². The van der Waals surface area contributed by atoms with Gasteiger partial charge in [0, 0.05) is 4.90 Å². The van der Waals surface area contributed by atoms with Crippen molar-refractivity contribution in [1.82, 2.24) is 0 Å². The standard InChI is InChI=1S/C11H16OS.C2H6/c1-3-4-9-12-10-5-7-11(13-2)8-6-10;1-2/h5-8H,3-4,9H2,1-2H3;1-2H3. The van der Waals surface area contributed by atoms with Crippen LogP contribution < -0.4 is 4.74 Å². The van der Waals surface area contributed by atoms with Gasteiger partial charge in [0.1, 0.15) is 5.75 Å². The molecule has 2 heteroatoms. The van der Waals surface area contributed by atoms with Gasteiger partial charge in [-0.2, -0.15) is 0 Å². The van der Waals surface area contributed by atoms with Gasteiger partial charge in [0.05, 0.1) is 6.61 Å². The SMILES string of the molecule is CC.CCCCOc1ccc(SC)cc1. The highest BCUT2D eigenvalue weighted by molar-refractivity contribution is 7.98. The summed E-state index contributed by atoms with van der Waals surface area (Å²) in [6.07, 6.45) is 4.39. The third-order valence-electron chi connectivity index (χ3n) is 1.83. The van der Waals surface area contributed by atoms with Gasteiger partial charge in [0.15, 0.2) is 0 Å². The van der Waals surface area contributed by atoms with Crippen molar-refractivity contribution >= 4 is 11.8 Å². The van der Waals surface area contributed by atoms with Crippen molar-refractivity contribution in [1.29, 1.82) is 0 Å². The highest BCUT2D eigenvalue weighted by Gasteiger charge is 1.93. The maximum Gasteiger partial charge on any atom is 0.119 e. The van der Waals surface area contributed by atoms with Crippen molar-refractivity contribution in [2.24, 2.45) is 0 Å². The van der Waals surface area contributed by atoms with Gasteiger partial charge in [-0.05, 0) is 36.9 Å². The van der Waals surface area contributed by atoms with Crippen LogP contribution in [0, 0.1) is 0 Å². The molecule has 0 unspecified atom stereocenters. The Hall–Kier alpha value is -0.630. The minimum absolute atomic E-state index is 0.828. The lowest BCUT2D eigenvalue weighted by Gasteiger charge is -2.05. The largest absolute Gasteiger partial charge is 0.494 e. The summed E-state index contributed by atoms with van der Waals surface area (Å²) in [6, 6.07) is 8.24. The third kappa shape index (κ3) is 6.45. The van der Waals surface area contributed by atoms with Crippen LogP contribution in [0.15, 0.2) is 29.2 Å². The average Bonchev–Trinajstić information content (AvgIpc) is 2.33. The molecular formula is C13H22OS. The lowest BCUT2D eigenvalue weighted by Crippen LogP contribution is -1.95. The van der Waals surface area contributed by atoms with Crippen LogP contribution in [0.3, 0.4) is 0 Å². The van der Waals surface area contributed by atoms with Crippen LogP contribution in [0.25, 0.3) is 0 Å². The minimum atomic E-state index is 0.828. The van der Waals surface area contributed by atoms with E-state index in [0.717, 1.165) is 18.8 Å². The van der Waals surface area contributed by atoms with E-state index < -0.39 is 0 Å². The Labute approximate surface area is 98.2 Å². The number of rotatable bonds is 5. The van der Waals surface area contributed by atoms with Crippen molar-refractivity contribution in [3.05, 3.63) is 24.3 Å². The number of thioether (sulfide) groups is 1. The van der Waals surface area contributed by atoms with Crippen LogP contribution in [0.2, 0.25) is 0 Å². The molecule has 0 heterocycles. The Morgan fingerprint density at radius 1 is 1.13 bits per heavy atom. The maximum absolute atomic E-state index is 5.54. The molecule has 0 fully saturated rings. The van der Waals surface area contributed by atoms with Crippen molar-refractivity contribution < 1.29 is 4.74 Å². The summed E-state index contributed by atoms with van der Waals surface area (Å²) in [4.78, 5) is 1.28. The molecule has 0 bridgehead atoms. The van der Waals surface area contributed by atoms with Gasteiger partial charge in [-0.25, -0.2) is 0 Å². The summed E-state index contributed by atoms with van der Waals surface area (Å²) >= 11 is 1.75. The van der Waals surface area contributed by atoms with Crippen LogP contribution in [0.4, 0.5) is 0 Å². The normalized spacial score (nSPS) is 9.07. The fraction of sp³-hybridized carbons (Fsp3) is 0.538. The van der Waals surface area contributed by atoms with Gasteiger partial charge in [0.2, 0.25) is 0 Å². The molecule has 1 nitrogen and oxygen atoms in total. The molecule has 0 aromatic heterocycles. The Kier molecular flexibility index (Phi) is 9.49. The van der Waals surface area contributed by atoms with Gasteiger partial charge >= 0.3 is 0 Å². The van der Waals surface area contributed by atoms with E-state index in [1.165, 1.54) is 11.3 Å². The summed E-state index contributed by atoms with van der Waals surface area (Å²) in [5.74, 6) is 0.978. The number of ether oxygens (including phenoxy) is 1. The maximum atomic E-state index is 5.54. The summed E-state index contributed by atoms with van der Waals surface area (Å²) < 4.78 is 5.54. The zero-order chi connectivity index (χ0) is 11.5. The Morgan fingerprint density at radius 2 is 1.73 bits per heavy atom. The van der Waals surface area contributed by atoms with Gasteiger partial charge in [-0.15, -0.1) is 11.8 Å². The van der Waals surface area contributed by atoms with E-state index in [4.69, 9.17) is 4.74 Å². The zero-order valence-corrected chi connectivity index (χ0v) is 11.1. The molecule has 0 radical (unpaired) electrons. The zero-order valence-electron chi connectivity index (χ0n) is 10.2. The van der Waals surface area contributed by atoms with Gasteiger partial charge in [-0.3, -0.25) is 0 Å². The lowest BCUT2D eigenvalue weighted by atomic mass is 10.3. The second-order valence-corrected chi connectivity index (χ2v) is 3.76. The van der Waals surface area contributed by atoms with E-state index in [2.05, 4.69) is 25.3 Å². The molecule has 0 aliphatic heterocycles. The summed E-state index contributed by atoms with van der Waals surface area (Å²) in [6.45, 7) is 7.00. The minimum Gasteiger partial charge on any atom is -0.494 e. The van der Waals surface area contributed by atoms with Gasteiger partial charge in [-0.1, -0.05) is 27.2 Å². The Balaban J connectivity index is 0.000000921. The topological polar surface area (TPSA) is 9.23 Å². The molecule has 0 atom stereocenters. The fourth-order valence-corrected chi connectivity index (χ4v) is 1.41. The number of hydrogen-bond acceptors (Lipinski definition) is 2. The lowest BCUT2D eigenvalue weighted by molar-refractivity contribution is 0.309. The molecule has 0 N–H and O–H groups in total. The predicted octanol–water partition coefficient (Wildman–Crippen LogP) is 4.61. The molecule has 0 amide bonds. The van der Waals surface area contributed by atoms with E-state index in [1.54, 1.807) is 11.8 Å². The summed E-state index contributed by atoms with van der Waals surface area (Å²) in [5, 5.41) is 0. The van der Waals surface area contributed by atoms with E-state index in [-0.39, 0.29) is 0 Å². The Morgan fingerprint density at radius 3 is 2.20 bits per heavy atom. The van der Waals surface area contributed by atoms with Gasteiger partial charge < -0.3 is 4.74 Å². The predicted molar refractivity (Wildman–Crippen MR) is 70.0 cm³/mol. The fourth-order valence-electron chi connectivity index (χ4n) is 1.01. The quantitative estimate of drug-likeness (QED) is 0.535. The van der Waals surface area contributed by atoms with Crippen molar-refractivity contribution in [2.45, 2.75) is 38.5 Å². The second-order valence-electron chi connectivity index (χ2n) is 2.88. The van der Waals surface area contributed by atoms with E-state index >= 15 is 0 Å². The third-order valence-corrected chi connectivity index (χ3v) is 2.57. The molecule has 1 aromatic rings. The molecule has 0 spiro atoms. The van der Waals surface area contributed by atoms with Crippen LogP contribution in [0.1, 0.15) is 33.6 Å². The molecule has 15 heavy (non-hydrogen) atoms. The van der Waals surface area contributed by atoms with E-state index in [1.807, 2.05) is 26.0 Å².